The standard InChI is InChI=1S/C28H44N2O2/c1-7-25(21-13-15-27(31)23(17-21)19-29(9-3)10-4)26(8-2)22-14-16-28(32)24(18-22)20-30(11-5)12-6/h13-18,25-26,31-32H,7-12,19-20H2,1-6H3/t25-,26+. The Morgan fingerprint density at radius 1 is 0.594 bits per heavy atom. The van der Waals surface area contributed by atoms with E-state index in [0.29, 0.717) is 23.3 Å². The van der Waals surface area contributed by atoms with Gasteiger partial charge in [0.05, 0.1) is 0 Å². The van der Waals surface area contributed by atoms with Crippen LogP contribution in [0.25, 0.3) is 0 Å². The quantitative estimate of drug-likeness (QED) is 0.375. The van der Waals surface area contributed by atoms with Gasteiger partial charge < -0.3 is 10.2 Å². The maximum Gasteiger partial charge on any atom is 0.120 e. The third-order valence-corrected chi connectivity index (χ3v) is 7.01. The molecule has 0 heterocycles. The van der Waals surface area contributed by atoms with E-state index < -0.39 is 0 Å². The number of benzene rings is 2. The Labute approximate surface area is 195 Å². The first-order valence-corrected chi connectivity index (χ1v) is 12.5. The Hall–Kier alpha value is -2.04. The number of phenolic OH excluding ortho intramolecular Hbond substituents is 2. The first kappa shape index (κ1) is 26.2. The lowest BCUT2D eigenvalue weighted by Crippen LogP contribution is -2.22. The molecule has 0 spiro atoms. The van der Waals surface area contributed by atoms with Crippen molar-refractivity contribution < 1.29 is 10.2 Å². The molecular weight excluding hydrogens is 396 g/mol. The van der Waals surface area contributed by atoms with E-state index in [2.05, 4.69) is 75.6 Å². The molecule has 0 aliphatic rings. The van der Waals surface area contributed by atoms with Gasteiger partial charge >= 0.3 is 0 Å². The molecule has 2 aromatic carbocycles. The third-order valence-electron chi connectivity index (χ3n) is 7.01. The van der Waals surface area contributed by atoms with Crippen LogP contribution in [0.4, 0.5) is 0 Å². The summed E-state index contributed by atoms with van der Waals surface area (Å²) in [5, 5.41) is 21.0. The van der Waals surface area contributed by atoms with Crippen molar-refractivity contribution >= 4 is 0 Å². The van der Waals surface area contributed by atoms with Crippen LogP contribution < -0.4 is 0 Å². The number of phenols is 2. The van der Waals surface area contributed by atoms with Crippen molar-refractivity contribution in [2.75, 3.05) is 26.2 Å². The summed E-state index contributed by atoms with van der Waals surface area (Å²) in [6.07, 6.45) is 2.06. The minimum atomic E-state index is 0.363. The summed E-state index contributed by atoms with van der Waals surface area (Å²) in [4.78, 5) is 4.66. The van der Waals surface area contributed by atoms with E-state index in [4.69, 9.17) is 0 Å². The number of hydrogen-bond donors (Lipinski definition) is 2. The van der Waals surface area contributed by atoms with E-state index in [0.717, 1.165) is 63.2 Å². The molecule has 0 radical (unpaired) electrons. The summed E-state index contributed by atoms with van der Waals surface area (Å²) in [6.45, 7) is 18.6. The van der Waals surface area contributed by atoms with Crippen molar-refractivity contribution in [3.63, 3.8) is 0 Å². The van der Waals surface area contributed by atoms with Gasteiger partial charge in [-0.1, -0.05) is 65.8 Å². The SMILES string of the molecule is CC[C@H](c1ccc(O)c(CN(CC)CC)c1)[C@@H](CC)c1ccc(O)c(CN(CC)CC)c1. The molecule has 0 amide bonds. The summed E-state index contributed by atoms with van der Waals surface area (Å²) >= 11 is 0. The lowest BCUT2D eigenvalue weighted by atomic mass is 9.77. The van der Waals surface area contributed by atoms with Gasteiger partial charge in [-0.05, 0) is 74.1 Å². The smallest absolute Gasteiger partial charge is 0.120 e. The zero-order valence-electron chi connectivity index (χ0n) is 21.1. The van der Waals surface area contributed by atoms with Gasteiger partial charge in [0.1, 0.15) is 11.5 Å². The van der Waals surface area contributed by atoms with E-state index in [1.54, 1.807) is 0 Å². The molecule has 0 aliphatic heterocycles. The van der Waals surface area contributed by atoms with E-state index in [1.807, 2.05) is 12.1 Å². The van der Waals surface area contributed by atoms with Crippen molar-refractivity contribution in [1.82, 2.24) is 9.80 Å². The molecule has 0 bridgehead atoms. The van der Waals surface area contributed by atoms with Gasteiger partial charge in [-0.3, -0.25) is 9.80 Å². The normalized spacial score (nSPS) is 13.6. The Bertz CT molecular complexity index is 759. The molecule has 2 aromatic rings. The molecule has 4 heteroatoms. The summed E-state index contributed by atoms with van der Waals surface area (Å²) in [5.41, 5.74) is 4.59. The number of nitrogens with zero attached hydrogens (tertiary/aromatic N) is 2. The summed E-state index contributed by atoms with van der Waals surface area (Å²) in [5.74, 6) is 1.49. The molecular formula is C28H44N2O2. The van der Waals surface area contributed by atoms with Gasteiger partial charge in [-0.25, -0.2) is 0 Å². The molecule has 32 heavy (non-hydrogen) atoms. The van der Waals surface area contributed by atoms with Crippen molar-refractivity contribution in [3.8, 4) is 11.5 Å². The van der Waals surface area contributed by atoms with Gasteiger partial charge in [-0.15, -0.1) is 0 Å². The monoisotopic (exact) mass is 440 g/mol. The van der Waals surface area contributed by atoms with Crippen LogP contribution in [-0.2, 0) is 13.1 Å². The zero-order chi connectivity index (χ0) is 23.7. The lowest BCUT2D eigenvalue weighted by Gasteiger charge is -2.28. The van der Waals surface area contributed by atoms with Crippen molar-refractivity contribution in [1.29, 1.82) is 0 Å². The van der Waals surface area contributed by atoms with Gasteiger partial charge in [0.25, 0.3) is 0 Å². The van der Waals surface area contributed by atoms with Gasteiger partial charge in [0.15, 0.2) is 0 Å². The minimum absolute atomic E-state index is 0.363. The second-order valence-corrected chi connectivity index (χ2v) is 8.73. The van der Waals surface area contributed by atoms with Crippen molar-refractivity contribution in [2.45, 2.75) is 79.3 Å². The molecule has 2 N–H and O–H groups in total. The molecule has 0 aliphatic carbocycles. The second-order valence-electron chi connectivity index (χ2n) is 8.73. The van der Waals surface area contributed by atoms with E-state index in [9.17, 15) is 10.2 Å². The largest absolute Gasteiger partial charge is 0.508 e. The third kappa shape index (κ3) is 6.49. The minimum Gasteiger partial charge on any atom is -0.508 e. The maximum absolute atomic E-state index is 10.5. The molecule has 0 saturated heterocycles. The van der Waals surface area contributed by atoms with Crippen LogP contribution in [0.2, 0.25) is 0 Å². The molecule has 178 valence electrons. The van der Waals surface area contributed by atoms with Crippen molar-refractivity contribution in [2.24, 2.45) is 0 Å². The summed E-state index contributed by atoms with van der Waals surface area (Å²) < 4.78 is 0. The van der Waals surface area contributed by atoms with E-state index in [-0.39, 0.29) is 0 Å². The van der Waals surface area contributed by atoms with Crippen molar-refractivity contribution in [3.05, 3.63) is 58.7 Å². The highest BCUT2D eigenvalue weighted by Gasteiger charge is 2.24. The van der Waals surface area contributed by atoms with Crippen LogP contribution in [0.15, 0.2) is 36.4 Å². The summed E-state index contributed by atoms with van der Waals surface area (Å²) in [6, 6.07) is 12.3. The fourth-order valence-corrected chi connectivity index (χ4v) is 4.81. The maximum atomic E-state index is 10.5. The first-order valence-electron chi connectivity index (χ1n) is 12.5. The Balaban J connectivity index is 2.39. The zero-order valence-corrected chi connectivity index (χ0v) is 21.1. The fraction of sp³-hybridized carbons (Fsp3) is 0.571. The van der Waals surface area contributed by atoms with Crippen LogP contribution in [0.3, 0.4) is 0 Å². The van der Waals surface area contributed by atoms with Gasteiger partial charge in [0, 0.05) is 24.2 Å². The number of hydrogen-bond acceptors (Lipinski definition) is 4. The van der Waals surface area contributed by atoms with E-state index >= 15 is 0 Å². The van der Waals surface area contributed by atoms with Crippen LogP contribution >= 0.6 is 0 Å². The number of rotatable bonds is 13. The highest BCUT2D eigenvalue weighted by Crippen LogP contribution is 2.40. The lowest BCUT2D eigenvalue weighted by molar-refractivity contribution is 0.290. The summed E-state index contributed by atoms with van der Waals surface area (Å²) in [7, 11) is 0. The van der Waals surface area contributed by atoms with Crippen LogP contribution in [0.1, 0.15) is 88.5 Å². The molecule has 2 atom stereocenters. The highest BCUT2D eigenvalue weighted by atomic mass is 16.3. The molecule has 0 saturated carbocycles. The van der Waals surface area contributed by atoms with Crippen LogP contribution in [-0.4, -0.2) is 46.2 Å². The average Bonchev–Trinajstić information content (AvgIpc) is 2.81. The predicted octanol–water partition coefficient (Wildman–Crippen LogP) is 6.47. The van der Waals surface area contributed by atoms with Gasteiger partial charge in [0.2, 0.25) is 0 Å². The molecule has 0 unspecified atom stereocenters. The number of aromatic hydroxyl groups is 2. The predicted molar refractivity (Wildman–Crippen MR) is 136 cm³/mol. The Kier molecular flexibility index (Phi) is 10.5. The van der Waals surface area contributed by atoms with Crippen LogP contribution in [0, 0.1) is 0 Å². The first-order chi connectivity index (χ1) is 15.4. The Morgan fingerprint density at radius 3 is 1.22 bits per heavy atom. The Morgan fingerprint density at radius 2 is 0.938 bits per heavy atom. The molecule has 0 aromatic heterocycles. The molecule has 4 nitrogen and oxygen atoms in total. The average molecular weight is 441 g/mol. The van der Waals surface area contributed by atoms with Crippen LogP contribution in [0.5, 0.6) is 11.5 Å². The van der Waals surface area contributed by atoms with E-state index in [1.165, 1.54) is 11.1 Å². The highest BCUT2D eigenvalue weighted by molar-refractivity contribution is 5.42. The van der Waals surface area contributed by atoms with Gasteiger partial charge in [-0.2, -0.15) is 0 Å². The topological polar surface area (TPSA) is 46.9 Å². The second kappa shape index (κ2) is 12.9. The molecule has 0 fully saturated rings. The molecule has 2 rings (SSSR count). The fourth-order valence-electron chi connectivity index (χ4n) is 4.81.